The fourth-order valence-electron chi connectivity index (χ4n) is 2.34. The molecule has 2 rings (SSSR count). The third-order valence-corrected chi connectivity index (χ3v) is 3.57. The molecule has 0 aliphatic carbocycles. The van der Waals surface area contributed by atoms with Gasteiger partial charge < -0.3 is 13.3 Å². The Labute approximate surface area is 133 Å². The first kappa shape index (κ1) is 20.3. The number of hydrogen-bond donors (Lipinski definition) is 0. The first-order valence-electron chi connectivity index (χ1n) is 6.88. The van der Waals surface area contributed by atoms with Crippen molar-refractivity contribution in [1.29, 1.82) is 0 Å². The summed E-state index contributed by atoms with van der Waals surface area (Å²) in [6.45, 7) is 0.515. The van der Waals surface area contributed by atoms with Crippen molar-refractivity contribution in [2.24, 2.45) is 0 Å². The van der Waals surface area contributed by atoms with Gasteiger partial charge in [0.2, 0.25) is 0 Å². The Hall–Kier alpha value is -0.790. The molecule has 0 N–H and O–H groups in total. The molecule has 1 aliphatic rings. The SMILES string of the molecule is C[N+]1(C)[B-]C[N+](C)(C)[B-]([n+]2ccccc2)C1.F[P-](F)(F)(F)(F)F. The van der Waals surface area contributed by atoms with E-state index in [9.17, 15) is 25.2 Å². The van der Waals surface area contributed by atoms with E-state index in [0.717, 1.165) is 21.7 Å². The molecule has 0 aromatic carbocycles. The molecule has 133 valence electrons. The van der Waals surface area contributed by atoms with Crippen LogP contribution in [0, 0.1) is 0 Å². The minimum atomic E-state index is -10.7. The topological polar surface area (TPSA) is 3.88 Å². The summed E-state index contributed by atoms with van der Waals surface area (Å²) in [6, 6.07) is 6.29. The first-order chi connectivity index (χ1) is 9.86. The van der Waals surface area contributed by atoms with Crippen LogP contribution >= 0.6 is 7.81 Å². The molecule has 1 saturated heterocycles. The first-order valence-corrected chi connectivity index (χ1v) is 8.90. The molecular formula is C11H21B2F6N3P. The van der Waals surface area contributed by atoms with Crippen LogP contribution in [0.15, 0.2) is 30.6 Å². The number of halogens is 6. The van der Waals surface area contributed by atoms with Gasteiger partial charge in [-0.1, -0.05) is 12.5 Å². The van der Waals surface area contributed by atoms with E-state index in [1.54, 1.807) is 0 Å². The van der Waals surface area contributed by atoms with Crippen LogP contribution in [0.1, 0.15) is 0 Å². The Morgan fingerprint density at radius 1 is 0.913 bits per heavy atom. The van der Waals surface area contributed by atoms with E-state index in [1.165, 1.54) is 0 Å². The monoisotopic (exact) mass is 362 g/mol. The second-order valence-corrected chi connectivity index (χ2v) is 8.78. The van der Waals surface area contributed by atoms with Crippen molar-refractivity contribution in [1.82, 2.24) is 0 Å². The zero-order valence-corrected chi connectivity index (χ0v) is 14.4. The molecule has 3 nitrogen and oxygen atoms in total. The van der Waals surface area contributed by atoms with E-state index in [1.807, 2.05) is 0 Å². The third kappa shape index (κ3) is 9.17. The summed E-state index contributed by atoms with van der Waals surface area (Å²) < 4.78 is 63.6. The van der Waals surface area contributed by atoms with E-state index in [-0.39, 0.29) is 0 Å². The van der Waals surface area contributed by atoms with Gasteiger partial charge in [0.05, 0.1) is 7.41 Å². The predicted octanol–water partition coefficient (Wildman–Crippen LogP) is 2.98. The number of quaternary nitrogens is 2. The van der Waals surface area contributed by atoms with Crippen molar-refractivity contribution in [3.05, 3.63) is 30.6 Å². The fraction of sp³-hybridized carbons (Fsp3) is 0.545. The van der Waals surface area contributed by atoms with E-state index < -0.39 is 7.81 Å². The molecule has 0 bridgehead atoms. The second kappa shape index (κ2) is 5.36. The standard InChI is InChI=1S/C11H21B2N3.F6P/c1-15(2)11-13(16(3,4)10-12-15)14-8-6-5-7-9-14;1-7(2,3,4,5)6/h5-9H,10-11H2,1-4H3;/q+1;-1. The van der Waals surface area contributed by atoms with Gasteiger partial charge in [0.15, 0.2) is 0 Å². The van der Waals surface area contributed by atoms with Crippen LogP contribution in [0.5, 0.6) is 0 Å². The summed E-state index contributed by atoms with van der Waals surface area (Å²) >= 11 is 0. The van der Waals surface area contributed by atoms with E-state index in [0.29, 0.717) is 6.98 Å². The van der Waals surface area contributed by atoms with Gasteiger partial charge >= 0.3 is 40.0 Å². The fourth-order valence-corrected chi connectivity index (χ4v) is 2.34. The summed E-state index contributed by atoms with van der Waals surface area (Å²) in [5, 5.41) is 0. The molecule has 2 heterocycles. The minimum absolute atomic E-state index is 0.515. The number of rotatable bonds is 1. The number of pyridine rings is 1. The van der Waals surface area contributed by atoms with Crippen molar-refractivity contribution < 1.29 is 38.4 Å². The number of nitrogens with zero attached hydrogens (tertiary/aromatic N) is 3. The van der Waals surface area contributed by atoms with Crippen molar-refractivity contribution >= 4 is 22.2 Å². The van der Waals surface area contributed by atoms with Gasteiger partial charge in [-0.15, -0.1) is 0 Å². The normalized spacial score (nSPS) is 23.9. The Morgan fingerprint density at radius 2 is 1.35 bits per heavy atom. The number of hydrogen-bond acceptors (Lipinski definition) is 0. The van der Waals surface area contributed by atoms with Crippen molar-refractivity contribution in [3.8, 4) is 0 Å². The van der Waals surface area contributed by atoms with Crippen molar-refractivity contribution in [2.45, 2.75) is 0 Å². The van der Waals surface area contributed by atoms with Crippen LogP contribution in [-0.2, 0) is 0 Å². The summed E-state index contributed by atoms with van der Waals surface area (Å²) in [4.78, 5) is 0. The molecule has 3 radical (unpaired) electrons. The average molecular weight is 362 g/mol. The Balaban J connectivity index is 0.000000322. The van der Waals surface area contributed by atoms with Crippen LogP contribution < -0.4 is 4.48 Å². The zero-order chi connectivity index (χ0) is 18.2. The molecule has 0 unspecified atom stereocenters. The van der Waals surface area contributed by atoms with Gasteiger partial charge in [0.25, 0.3) is 0 Å². The van der Waals surface area contributed by atoms with Gasteiger partial charge in [-0.2, -0.15) is 0 Å². The van der Waals surface area contributed by atoms with Gasteiger partial charge in [0, 0.05) is 34.6 Å². The Morgan fingerprint density at radius 3 is 1.78 bits per heavy atom. The summed E-state index contributed by atoms with van der Waals surface area (Å²) in [7, 11) is 0.904. The van der Waals surface area contributed by atoms with Crippen LogP contribution in [0.2, 0.25) is 0 Å². The Kier molecular flexibility index (Phi) is 4.72. The van der Waals surface area contributed by atoms with Crippen LogP contribution in [0.4, 0.5) is 25.2 Å². The maximum absolute atomic E-state index is 10.7. The van der Waals surface area contributed by atoms with Gasteiger partial charge in [0.1, 0.15) is 12.4 Å². The van der Waals surface area contributed by atoms with E-state index in [4.69, 9.17) is 0 Å². The molecule has 1 aromatic rings. The second-order valence-electron chi connectivity index (χ2n) is 6.87. The van der Waals surface area contributed by atoms with Gasteiger partial charge in [-0.05, 0) is 12.1 Å². The molecular weight excluding hydrogens is 341 g/mol. The molecule has 0 atom stereocenters. The molecule has 0 saturated carbocycles. The van der Waals surface area contributed by atoms with E-state index >= 15 is 0 Å². The molecule has 0 spiro atoms. The zero-order valence-electron chi connectivity index (χ0n) is 13.5. The quantitative estimate of drug-likeness (QED) is 0.411. The van der Waals surface area contributed by atoms with Crippen LogP contribution in [0.3, 0.4) is 0 Å². The van der Waals surface area contributed by atoms with E-state index in [2.05, 4.69) is 70.7 Å². The van der Waals surface area contributed by atoms with Crippen molar-refractivity contribution in [3.63, 3.8) is 0 Å². The van der Waals surface area contributed by atoms with Crippen LogP contribution in [0.25, 0.3) is 0 Å². The maximum atomic E-state index is 9.87. The molecule has 1 aliphatic heterocycles. The average Bonchev–Trinajstić information content (AvgIpc) is 2.30. The van der Waals surface area contributed by atoms with Gasteiger partial charge in [-0.25, -0.2) is 0 Å². The molecule has 1 fully saturated rings. The van der Waals surface area contributed by atoms with Crippen molar-refractivity contribution in [2.75, 3.05) is 41.1 Å². The molecule has 12 heteroatoms. The van der Waals surface area contributed by atoms with Crippen LogP contribution in [-0.4, -0.2) is 64.3 Å². The summed E-state index contributed by atoms with van der Waals surface area (Å²) in [5.74, 6) is 0. The molecule has 1 aromatic heterocycles. The number of aromatic nitrogens is 1. The molecule has 23 heavy (non-hydrogen) atoms. The molecule has 0 amide bonds. The third-order valence-electron chi connectivity index (χ3n) is 3.57. The van der Waals surface area contributed by atoms with Gasteiger partial charge in [-0.3, -0.25) is 0 Å². The predicted molar refractivity (Wildman–Crippen MR) is 81.1 cm³/mol. The summed E-state index contributed by atoms with van der Waals surface area (Å²) in [6.07, 6.45) is 6.60. The Bertz CT molecular complexity index is 538. The summed E-state index contributed by atoms with van der Waals surface area (Å²) in [5.41, 5.74) is 0.